The van der Waals surface area contributed by atoms with E-state index in [1.165, 1.54) is 44.0 Å². The van der Waals surface area contributed by atoms with Gasteiger partial charge in [0.2, 0.25) is 5.91 Å². The van der Waals surface area contributed by atoms with Gasteiger partial charge in [-0.2, -0.15) is 0 Å². The van der Waals surface area contributed by atoms with Crippen molar-refractivity contribution in [1.29, 1.82) is 0 Å². The highest BCUT2D eigenvalue weighted by Crippen LogP contribution is 2.51. The van der Waals surface area contributed by atoms with Gasteiger partial charge in [0.25, 0.3) is 0 Å². The summed E-state index contributed by atoms with van der Waals surface area (Å²) < 4.78 is 7.41. The minimum Gasteiger partial charge on any atom is -0.381 e. The number of rotatable bonds is 9. The van der Waals surface area contributed by atoms with Crippen LogP contribution in [0.4, 0.5) is 11.4 Å². The smallest absolute Gasteiger partial charge is 0.233 e. The Balaban J connectivity index is 0.000000171. The third kappa shape index (κ3) is 13.3. The lowest BCUT2D eigenvalue weighted by atomic mass is 9.93. The maximum Gasteiger partial charge on any atom is 0.233 e. The number of nitrogens with zero attached hydrogens (tertiary/aromatic N) is 4. The first-order valence-corrected chi connectivity index (χ1v) is 28.3. The number of hydrogen-bond acceptors (Lipinski definition) is 5. The maximum absolute atomic E-state index is 13.8. The first-order chi connectivity index (χ1) is 33.8. The van der Waals surface area contributed by atoms with E-state index in [1.807, 2.05) is 71.6 Å². The predicted molar refractivity (Wildman–Crippen MR) is 315 cm³/mol. The van der Waals surface area contributed by atoms with Crippen LogP contribution in [0.5, 0.6) is 0 Å². The third-order valence-corrected chi connectivity index (χ3v) is 17.3. The Kier molecular flexibility index (Phi) is 18.9. The average Bonchev–Trinajstić information content (AvgIpc) is 4.27. The summed E-state index contributed by atoms with van der Waals surface area (Å²) in [6.45, 7) is 7.89. The van der Waals surface area contributed by atoms with Crippen molar-refractivity contribution in [2.75, 3.05) is 68.8 Å². The number of halogens is 8. The lowest BCUT2D eigenvalue weighted by Gasteiger charge is -2.44. The van der Waals surface area contributed by atoms with Gasteiger partial charge in [0.1, 0.15) is 0 Å². The van der Waals surface area contributed by atoms with E-state index in [2.05, 4.69) is 121 Å². The highest BCUT2D eigenvalue weighted by atomic mass is 127. The standard InChI is InChI=1S/C26H22Cl3IN2O.C26H24Cl3IN2.C4H8O.B/c27-19-5-1-17(2-6-19)24-16-31(13-14-32(24)23-10-7-20(28)15-22(23)29)25(33)26(11-12-26)18-3-8-21(30)9-4-18;27-20-5-1-18(2-6-20)25-16-31(13-14-32(25)24-10-7-21(28)15-23(24)29)17-26(11-12-26)19-3-8-22(30)9-4-19;1-2-4-5-3-1;/h1-10,15,24H,11-14,16H2;1-10,15,25H,11-14,16-17H2;1-4H2;/t24-;25-;;/m00../s1. The van der Waals surface area contributed by atoms with Crippen molar-refractivity contribution >= 4 is 140 Å². The summed E-state index contributed by atoms with van der Waals surface area (Å²) >= 11 is 42.6. The van der Waals surface area contributed by atoms with Gasteiger partial charge >= 0.3 is 0 Å². The van der Waals surface area contributed by atoms with Crippen LogP contribution >= 0.6 is 115 Å². The predicted octanol–water partition coefficient (Wildman–Crippen LogP) is 15.6. The maximum atomic E-state index is 13.8. The number of hydrogen-bond donors (Lipinski definition) is 0. The Morgan fingerprint density at radius 2 is 0.986 bits per heavy atom. The Labute approximate surface area is 478 Å². The Hall–Kier alpha value is -2.43. The lowest BCUT2D eigenvalue weighted by Crippen LogP contribution is -2.53. The van der Waals surface area contributed by atoms with Crippen LogP contribution in [0, 0.1) is 7.14 Å². The van der Waals surface area contributed by atoms with Crippen molar-refractivity contribution in [1.82, 2.24) is 9.80 Å². The number of ether oxygens (including phenoxy) is 1. The molecule has 1 amide bonds. The molecule has 5 aliphatic rings. The lowest BCUT2D eigenvalue weighted by molar-refractivity contribution is -0.134. The summed E-state index contributed by atoms with van der Waals surface area (Å²) in [5.41, 5.74) is 6.83. The molecule has 3 heterocycles. The normalized spacial score (nSPS) is 19.9. The molecule has 3 aliphatic heterocycles. The molecule has 6 nitrogen and oxygen atoms in total. The SMILES string of the molecule is C1CCOC1.Clc1ccc([C@@H]2CN(CC3(c4ccc(I)cc4)CC3)CCN2c2ccc(Cl)cc2Cl)cc1.O=C(N1CCN(c2ccc(Cl)cc2Cl)[C@H](c2ccc(Cl)cc2)C1)C1(c2ccc(I)cc2)CC1.[B]. The molecule has 0 unspecified atom stereocenters. The average molecular weight is 1290 g/mol. The van der Waals surface area contributed by atoms with Gasteiger partial charge in [-0.05, 0) is 191 Å². The number of amides is 1. The summed E-state index contributed by atoms with van der Waals surface area (Å²) in [7, 11) is 0. The Bertz CT molecular complexity index is 2740. The molecule has 0 bridgehead atoms. The van der Waals surface area contributed by atoms with Gasteiger partial charge in [0.05, 0.1) is 38.9 Å². The van der Waals surface area contributed by atoms with E-state index in [-0.39, 0.29) is 31.8 Å². The topological polar surface area (TPSA) is 39.3 Å². The fourth-order valence-corrected chi connectivity index (χ4v) is 12.2. The van der Waals surface area contributed by atoms with Crippen LogP contribution in [-0.4, -0.2) is 83.1 Å². The molecule has 0 spiro atoms. The number of anilines is 2. The van der Waals surface area contributed by atoms with Crippen molar-refractivity contribution in [3.8, 4) is 0 Å². The van der Waals surface area contributed by atoms with Crippen LogP contribution in [-0.2, 0) is 20.4 Å². The molecule has 5 fully saturated rings. The molecule has 71 heavy (non-hydrogen) atoms. The van der Waals surface area contributed by atoms with E-state index in [9.17, 15) is 4.79 Å². The molecule has 15 heteroatoms. The van der Waals surface area contributed by atoms with Gasteiger partial charge in [0.15, 0.2) is 0 Å². The van der Waals surface area contributed by atoms with Crippen molar-refractivity contribution in [3.63, 3.8) is 0 Å². The molecule has 3 radical (unpaired) electrons. The van der Waals surface area contributed by atoms with Gasteiger partial charge in [-0.15, -0.1) is 0 Å². The monoisotopic (exact) mass is 1290 g/mol. The van der Waals surface area contributed by atoms with Crippen molar-refractivity contribution < 1.29 is 9.53 Å². The number of carbonyl (C=O) groups is 1. The zero-order valence-electron chi connectivity index (χ0n) is 39.2. The highest BCUT2D eigenvalue weighted by Gasteiger charge is 2.54. The molecular weight excluding hydrogens is 1240 g/mol. The largest absolute Gasteiger partial charge is 0.381 e. The number of benzene rings is 6. The third-order valence-electron chi connectivity index (χ3n) is 14.3. The highest BCUT2D eigenvalue weighted by molar-refractivity contribution is 14.1. The molecule has 11 rings (SSSR count). The van der Waals surface area contributed by atoms with E-state index in [1.54, 1.807) is 6.07 Å². The second-order valence-corrected chi connectivity index (χ2v) is 23.9. The zero-order valence-corrected chi connectivity index (χ0v) is 48.0. The first-order valence-electron chi connectivity index (χ1n) is 23.9. The van der Waals surface area contributed by atoms with Crippen molar-refractivity contribution in [3.05, 3.63) is 193 Å². The van der Waals surface area contributed by atoms with E-state index in [0.29, 0.717) is 50.2 Å². The molecule has 2 atom stereocenters. The molecule has 369 valence electrons. The minimum atomic E-state index is -0.380. The van der Waals surface area contributed by atoms with Gasteiger partial charge in [-0.25, -0.2) is 0 Å². The van der Waals surface area contributed by atoms with Crippen LogP contribution in [0.3, 0.4) is 0 Å². The fraction of sp³-hybridized carbons (Fsp3) is 0.339. The quantitative estimate of drug-likeness (QED) is 0.107. The zero-order chi connectivity index (χ0) is 49.0. The van der Waals surface area contributed by atoms with Gasteiger partial charge in [-0.3, -0.25) is 9.69 Å². The molecule has 6 aromatic rings. The van der Waals surface area contributed by atoms with Crippen LogP contribution in [0.2, 0.25) is 30.1 Å². The molecule has 0 N–H and O–H groups in total. The number of carbonyl (C=O) groups excluding carboxylic acids is 1. The minimum absolute atomic E-state index is 0. The van der Waals surface area contributed by atoms with E-state index >= 15 is 0 Å². The Morgan fingerprint density at radius 1 is 0.535 bits per heavy atom. The molecular formula is C56H54BCl6I2N4O2. The summed E-state index contributed by atoms with van der Waals surface area (Å²) in [5.74, 6) is 0.226. The molecule has 0 aromatic heterocycles. The van der Waals surface area contributed by atoms with Crippen LogP contribution in [0.1, 0.15) is 72.9 Å². The van der Waals surface area contributed by atoms with E-state index in [0.717, 1.165) is 79.8 Å². The van der Waals surface area contributed by atoms with Crippen LogP contribution in [0.15, 0.2) is 133 Å². The van der Waals surface area contributed by atoms with Crippen molar-refractivity contribution in [2.24, 2.45) is 0 Å². The summed E-state index contributed by atoms with van der Waals surface area (Å²) in [5, 5.41) is 4.02. The number of piperazine rings is 2. The molecule has 2 aliphatic carbocycles. The van der Waals surface area contributed by atoms with E-state index in [4.69, 9.17) is 74.3 Å². The summed E-state index contributed by atoms with van der Waals surface area (Å²) in [6.07, 6.45) is 6.90. The van der Waals surface area contributed by atoms with E-state index < -0.39 is 0 Å². The second-order valence-electron chi connectivity index (χ2n) is 18.9. The molecule has 3 saturated heterocycles. The summed E-state index contributed by atoms with van der Waals surface area (Å²) in [6, 6.07) is 45.1. The Morgan fingerprint density at radius 3 is 1.42 bits per heavy atom. The van der Waals surface area contributed by atoms with Crippen LogP contribution in [0.25, 0.3) is 0 Å². The van der Waals surface area contributed by atoms with Crippen molar-refractivity contribution in [2.45, 2.75) is 61.4 Å². The summed E-state index contributed by atoms with van der Waals surface area (Å²) in [4.78, 5) is 23.1. The molecule has 2 saturated carbocycles. The van der Waals surface area contributed by atoms with Gasteiger partial charge < -0.3 is 19.4 Å². The second kappa shape index (κ2) is 24.5. The van der Waals surface area contributed by atoms with Gasteiger partial charge in [-0.1, -0.05) is 118 Å². The fourth-order valence-electron chi connectivity index (χ4n) is 10.1. The first kappa shape index (κ1) is 54.8. The molecule has 6 aromatic carbocycles. The van der Waals surface area contributed by atoms with Gasteiger partial charge in [0, 0.05) is 100 Å². The van der Waals surface area contributed by atoms with Crippen LogP contribution < -0.4 is 9.80 Å².